The molecule has 274 valence electrons. The maximum absolute atomic E-state index is 11.8. The van der Waals surface area contributed by atoms with Crippen LogP contribution in [0.2, 0.25) is 0 Å². The van der Waals surface area contributed by atoms with Crippen LogP contribution in [-0.2, 0) is 23.8 Å². The third kappa shape index (κ3) is 19.3. The number of aliphatic hydroxyl groups excluding tert-OH is 3. The Morgan fingerprint density at radius 2 is 1.23 bits per heavy atom. The number of hydrogen-bond acceptors (Lipinski definition) is 8. The molecule has 0 aromatic rings. The van der Waals surface area contributed by atoms with Crippen LogP contribution >= 0.6 is 0 Å². The van der Waals surface area contributed by atoms with E-state index in [1.54, 1.807) is 6.08 Å². The predicted octanol–water partition coefficient (Wildman–Crippen LogP) is 8.41. The maximum atomic E-state index is 11.8. The molecule has 0 radical (unpaired) electrons. The Hall–Kier alpha value is -1.48. The molecule has 2 aliphatic heterocycles. The van der Waals surface area contributed by atoms with E-state index in [0.29, 0.717) is 31.3 Å². The van der Waals surface area contributed by atoms with Gasteiger partial charge in [-0.1, -0.05) is 110 Å². The van der Waals surface area contributed by atoms with Crippen LogP contribution in [0.3, 0.4) is 0 Å². The summed E-state index contributed by atoms with van der Waals surface area (Å²) in [6.45, 7) is 5.54. The number of aliphatic hydroxyl groups is 3. The SMILES string of the molecule is CCCCCCCCCCCCCCC(OC(C)=O)C1CCC(C(O)CCCCC(O)CCCCCC(O)CC2=CC(C)OC2=O)O1. The van der Waals surface area contributed by atoms with E-state index in [0.717, 1.165) is 70.6 Å². The average Bonchev–Trinajstić information content (AvgIpc) is 3.64. The lowest BCUT2D eigenvalue weighted by Crippen LogP contribution is -2.33. The lowest BCUT2D eigenvalue weighted by molar-refractivity contribution is -0.157. The fourth-order valence-corrected chi connectivity index (χ4v) is 7.10. The second kappa shape index (κ2) is 25.5. The summed E-state index contributed by atoms with van der Waals surface area (Å²) >= 11 is 0. The van der Waals surface area contributed by atoms with Gasteiger partial charge in [-0.15, -0.1) is 0 Å². The van der Waals surface area contributed by atoms with E-state index in [1.165, 1.54) is 71.1 Å². The normalized spacial score (nSPS) is 22.1. The number of cyclic esters (lactones) is 1. The third-order valence-electron chi connectivity index (χ3n) is 9.90. The minimum atomic E-state index is -0.543. The van der Waals surface area contributed by atoms with Crippen LogP contribution in [0, 0.1) is 0 Å². The van der Waals surface area contributed by atoms with E-state index in [2.05, 4.69) is 6.92 Å². The Bertz CT molecular complexity index is 860. The van der Waals surface area contributed by atoms with Crippen molar-refractivity contribution in [3.8, 4) is 0 Å². The lowest BCUT2D eigenvalue weighted by atomic mass is 9.99. The van der Waals surface area contributed by atoms with Crippen LogP contribution in [0.4, 0.5) is 0 Å². The molecule has 2 aliphatic rings. The summed E-state index contributed by atoms with van der Waals surface area (Å²) in [4.78, 5) is 23.5. The fraction of sp³-hybridized carbons (Fsp3) is 0.897. The number of ether oxygens (including phenoxy) is 3. The Morgan fingerprint density at radius 1 is 0.745 bits per heavy atom. The number of rotatable bonds is 29. The van der Waals surface area contributed by atoms with Gasteiger partial charge in [-0.05, 0) is 64.4 Å². The fourth-order valence-electron chi connectivity index (χ4n) is 7.10. The molecule has 0 aromatic carbocycles. The quantitative estimate of drug-likeness (QED) is 0.0537. The summed E-state index contributed by atoms with van der Waals surface area (Å²) in [5, 5.41) is 31.4. The molecule has 2 rings (SSSR count). The monoisotopic (exact) mass is 667 g/mol. The molecule has 7 atom stereocenters. The molecule has 0 bridgehead atoms. The molecule has 0 spiro atoms. The van der Waals surface area contributed by atoms with E-state index in [9.17, 15) is 24.9 Å². The molecular formula is C39H70O8. The van der Waals surface area contributed by atoms with E-state index in [-0.39, 0.29) is 42.5 Å². The van der Waals surface area contributed by atoms with Crippen molar-refractivity contribution in [1.82, 2.24) is 0 Å². The van der Waals surface area contributed by atoms with Crippen LogP contribution < -0.4 is 0 Å². The van der Waals surface area contributed by atoms with Crippen molar-refractivity contribution in [2.45, 2.75) is 224 Å². The van der Waals surface area contributed by atoms with Crippen molar-refractivity contribution >= 4 is 11.9 Å². The van der Waals surface area contributed by atoms with Gasteiger partial charge in [0.15, 0.2) is 0 Å². The predicted molar refractivity (Wildman–Crippen MR) is 187 cm³/mol. The van der Waals surface area contributed by atoms with Crippen LogP contribution in [0.15, 0.2) is 11.6 Å². The van der Waals surface area contributed by atoms with Gasteiger partial charge < -0.3 is 29.5 Å². The summed E-state index contributed by atoms with van der Waals surface area (Å²) in [7, 11) is 0. The smallest absolute Gasteiger partial charge is 0.334 e. The second-order valence-electron chi connectivity index (χ2n) is 14.4. The van der Waals surface area contributed by atoms with Crippen molar-refractivity contribution in [3.05, 3.63) is 11.6 Å². The average molecular weight is 667 g/mol. The summed E-state index contributed by atoms with van der Waals surface area (Å²) in [5.74, 6) is -0.585. The zero-order chi connectivity index (χ0) is 34.3. The van der Waals surface area contributed by atoms with Gasteiger partial charge >= 0.3 is 11.9 Å². The van der Waals surface area contributed by atoms with E-state index < -0.39 is 12.2 Å². The standard InChI is InChI=1S/C39H70O8/c1-4-5-6-7-8-9-10-11-12-13-14-18-25-37(46-31(3)40)38-27-26-36(47-38)35(43)24-20-19-22-33(41)21-16-15-17-23-34(42)29-32-28-30(2)45-39(32)44/h28,30,33-38,41-43H,4-27,29H2,1-3H3. The Kier molecular flexibility index (Phi) is 22.6. The van der Waals surface area contributed by atoms with E-state index in [1.807, 2.05) is 6.92 Å². The molecule has 0 aliphatic carbocycles. The van der Waals surface area contributed by atoms with Crippen molar-refractivity contribution < 1.29 is 39.1 Å². The summed E-state index contributed by atoms with van der Waals surface area (Å²) in [6.07, 6.45) is 24.9. The molecule has 7 unspecified atom stereocenters. The first-order valence-corrected chi connectivity index (χ1v) is 19.5. The van der Waals surface area contributed by atoms with Gasteiger partial charge in [0, 0.05) is 18.9 Å². The van der Waals surface area contributed by atoms with Gasteiger partial charge in [0.1, 0.15) is 12.2 Å². The Morgan fingerprint density at radius 3 is 1.81 bits per heavy atom. The number of carbonyl (C=O) groups is 2. The molecule has 8 heteroatoms. The molecule has 1 fully saturated rings. The number of hydrogen-bond donors (Lipinski definition) is 3. The summed E-state index contributed by atoms with van der Waals surface area (Å²) in [6, 6.07) is 0. The van der Waals surface area contributed by atoms with Gasteiger partial charge in [-0.2, -0.15) is 0 Å². The Labute approximate surface area is 286 Å². The first-order valence-electron chi connectivity index (χ1n) is 19.5. The maximum Gasteiger partial charge on any atom is 0.334 e. The van der Waals surface area contributed by atoms with Crippen LogP contribution in [0.5, 0.6) is 0 Å². The van der Waals surface area contributed by atoms with E-state index in [4.69, 9.17) is 14.2 Å². The molecule has 3 N–H and O–H groups in total. The lowest BCUT2D eigenvalue weighted by Gasteiger charge is -2.25. The molecule has 0 saturated carbocycles. The highest BCUT2D eigenvalue weighted by atomic mass is 16.6. The molecule has 8 nitrogen and oxygen atoms in total. The van der Waals surface area contributed by atoms with Crippen LogP contribution in [-0.4, -0.2) is 70.0 Å². The number of unbranched alkanes of at least 4 members (excludes halogenated alkanes) is 14. The van der Waals surface area contributed by atoms with Crippen molar-refractivity contribution in [3.63, 3.8) is 0 Å². The molecule has 0 amide bonds. The van der Waals surface area contributed by atoms with Crippen molar-refractivity contribution in [1.29, 1.82) is 0 Å². The van der Waals surface area contributed by atoms with Crippen molar-refractivity contribution in [2.75, 3.05) is 0 Å². The highest BCUT2D eigenvalue weighted by molar-refractivity contribution is 5.90. The number of esters is 2. The topological polar surface area (TPSA) is 123 Å². The summed E-state index contributed by atoms with van der Waals surface area (Å²) < 4.78 is 17.0. The number of carbonyl (C=O) groups excluding carboxylic acids is 2. The van der Waals surface area contributed by atoms with Gasteiger partial charge in [-0.25, -0.2) is 4.79 Å². The largest absolute Gasteiger partial charge is 0.460 e. The van der Waals surface area contributed by atoms with Gasteiger partial charge in [-0.3, -0.25) is 4.79 Å². The van der Waals surface area contributed by atoms with Gasteiger partial charge in [0.25, 0.3) is 0 Å². The molecular weight excluding hydrogens is 596 g/mol. The molecule has 0 aromatic heterocycles. The van der Waals surface area contributed by atoms with E-state index >= 15 is 0 Å². The zero-order valence-corrected chi connectivity index (χ0v) is 30.2. The summed E-state index contributed by atoms with van der Waals surface area (Å²) in [5.41, 5.74) is 0.570. The van der Waals surface area contributed by atoms with Crippen LogP contribution in [0.25, 0.3) is 0 Å². The second-order valence-corrected chi connectivity index (χ2v) is 14.4. The van der Waals surface area contributed by atoms with Crippen LogP contribution in [0.1, 0.15) is 181 Å². The highest BCUT2D eigenvalue weighted by Crippen LogP contribution is 2.30. The van der Waals surface area contributed by atoms with Gasteiger partial charge in [0.2, 0.25) is 0 Å². The highest BCUT2D eigenvalue weighted by Gasteiger charge is 2.36. The first-order chi connectivity index (χ1) is 22.7. The minimum absolute atomic E-state index is 0.144. The molecule has 1 saturated heterocycles. The van der Waals surface area contributed by atoms with Crippen molar-refractivity contribution in [2.24, 2.45) is 0 Å². The first kappa shape index (κ1) is 41.7. The zero-order valence-electron chi connectivity index (χ0n) is 30.2. The Balaban J connectivity index is 1.50. The molecule has 2 heterocycles. The van der Waals surface area contributed by atoms with Gasteiger partial charge in [0.05, 0.1) is 30.5 Å². The minimum Gasteiger partial charge on any atom is -0.460 e. The molecule has 47 heavy (non-hydrogen) atoms. The third-order valence-corrected chi connectivity index (χ3v) is 9.90.